The number of rotatable bonds is 2. The zero-order valence-electron chi connectivity index (χ0n) is 9.64. The van der Waals surface area contributed by atoms with Crippen LogP contribution < -0.4 is 4.74 Å². The number of aromatic nitrogens is 3. The highest BCUT2D eigenvalue weighted by atomic mass is 79.9. The van der Waals surface area contributed by atoms with E-state index in [0.717, 1.165) is 21.4 Å². The predicted octanol–water partition coefficient (Wildman–Crippen LogP) is 3.40. The van der Waals surface area contributed by atoms with Gasteiger partial charge in [0, 0.05) is 16.1 Å². The molecule has 0 radical (unpaired) electrons. The second kappa shape index (κ2) is 4.42. The van der Waals surface area contributed by atoms with Crippen molar-refractivity contribution < 1.29 is 4.74 Å². The number of aromatic amines is 1. The summed E-state index contributed by atoms with van der Waals surface area (Å²) < 4.78 is 6.08. The zero-order chi connectivity index (χ0) is 12.5. The van der Waals surface area contributed by atoms with Crippen LogP contribution in [-0.4, -0.2) is 22.1 Å². The monoisotopic (exact) mass is 303 g/mol. The first-order valence-electron chi connectivity index (χ1n) is 5.43. The number of hydrogen-bond donors (Lipinski definition) is 1. The number of benzene rings is 1. The second-order valence-corrected chi connectivity index (χ2v) is 4.64. The van der Waals surface area contributed by atoms with Crippen molar-refractivity contribution >= 4 is 27.1 Å². The fourth-order valence-corrected chi connectivity index (χ4v) is 2.24. The molecule has 2 aromatic heterocycles. The Bertz CT molecular complexity index is 708. The first-order chi connectivity index (χ1) is 8.78. The summed E-state index contributed by atoms with van der Waals surface area (Å²) in [7, 11) is 1.59. The van der Waals surface area contributed by atoms with Gasteiger partial charge in [-0.05, 0) is 12.1 Å². The summed E-state index contributed by atoms with van der Waals surface area (Å²) in [5.74, 6) is 1.35. The lowest BCUT2D eigenvalue weighted by molar-refractivity contribution is 0.399. The summed E-state index contributed by atoms with van der Waals surface area (Å²) in [6, 6.07) is 11.6. The summed E-state index contributed by atoms with van der Waals surface area (Å²) in [5, 5.41) is 0. The molecule has 0 bridgehead atoms. The molecule has 5 heteroatoms. The van der Waals surface area contributed by atoms with Gasteiger partial charge < -0.3 is 9.72 Å². The van der Waals surface area contributed by atoms with E-state index in [9.17, 15) is 0 Å². The average molecular weight is 304 g/mol. The zero-order valence-corrected chi connectivity index (χ0v) is 11.2. The van der Waals surface area contributed by atoms with Crippen molar-refractivity contribution in [1.29, 1.82) is 0 Å². The molecule has 0 amide bonds. The van der Waals surface area contributed by atoms with Gasteiger partial charge in [0.05, 0.1) is 12.6 Å². The lowest BCUT2D eigenvalue weighted by Crippen LogP contribution is -1.86. The van der Waals surface area contributed by atoms with Crippen LogP contribution in [0.3, 0.4) is 0 Å². The topological polar surface area (TPSA) is 50.8 Å². The highest BCUT2D eigenvalue weighted by Gasteiger charge is 2.09. The molecule has 2 heterocycles. The molecule has 0 aliphatic rings. The third-order valence-corrected chi connectivity index (χ3v) is 3.35. The minimum Gasteiger partial charge on any atom is -0.481 e. The van der Waals surface area contributed by atoms with Gasteiger partial charge in [-0.15, -0.1) is 0 Å². The third-order valence-electron chi connectivity index (χ3n) is 2.66. The molecule has 3 aromatic rings. The van der Waals surface area contributed by atoms with Crippen molar-refractivity contribution in [3.8, 4) is 17.3 Å². The maximum atomic E-state index is 5.09. The quantitative estimate of drug-likeness (QED) is 0.789. The van der Waals surface area contributed by atoms with Crippen LogP contribution in [0.2, 0.25) is 0 Å². The molecule has 4 nitrogen and oxygen atoms in total. The van der Waals surface area contributed by atoms with Gasteiger partial charge in [-0.3, -0.25) is 0 Å². The van der Waals surface area contributed by atoms with E-state index in [2.05, 4.69) is 30.9 Å². The van der Waals surface area contributed by atoms with E-state index in [1.807, 2.05) is 36.4 Å². The van der Waals surface area contributed by atoms with Gasteiger partial charge in [0.2, 0.25) is 5.88 Å². The van der Waals surface area contributed by atoms with Crippen molar-refractivity contribution in [1.82, 2.24) is 15.0 Å². The number of H-pyrrole nitrogens is 1. The molecule has 0 fully saturated rings. The van der Waals surface area contributed by atoms with Gasteiger partial charge >= 0.3 is 0 Å². The summed E-state index contributed by atoms with van der Waals surface area (Å²) in [6.07, 6.45) is 0. The molecule has 0 saturated heterocycles. The van der Waals surface area contributed by atoms with Gasteiger partial charge in [-0.2, -0.15) is 4.98 Å². The van der Waals surface area contributed by atoms with Gasteiger partial charge in [-0.25, -0.2) is 4.98 Å². The van der Waals surface area contributed by atoms with Crippen molar-refractivity contribution in [2.24, 2.45) is 0 Å². The fourth-order valence-electron chi connectivity index (χ4n) is 1.77. The number of nitrogens with one attached hydrogen (secondary N) is 1. The minimum absolute atomic E-state index is 0.563. The molecular weight excluding hydrogens is 294 g/mol. The number of ether oxygens (including phenoxy) is 1. The van der Waals surface area contributed by atoms with Crippen molar-refractivity contribution in [3.63, 3.8) is 0 Å². The Morgan fingerprint density at radius 3 is 2.72 bits per heavy atom. The van der Waals surface area contributed by atoms with E-state index in [1.165, 1.54) is 0 Å². The van der Waals surface area contributed by atoms with Crippen molar-refractivity contribution in [2.45, 2.75) is 0 Å². The van der Waals surface area contributed by atoms with Gasteiger partial charge in [-0.1, -0.05) is 34.1 Å². The van der Waals surface area contributed by atoms with Crippen LogP contribution in [0.4, 0.5) is 0 Å². The van der Waals surface area contributed by atoms with E-state index in [0.29, 0.717) is 11.5 Å². The summed E-state index contributed by atoms with van der Waals surface area (Å²) in [6.45, 7) is 0. The highest BCUT2D eigenvalue weighted by Crippen LogP contribution is 2.27. The number of pyridine rings is 1. The molecule has 0 saturated carbocycles. The fraction of sp³-hybridized carbons (Fsp3) is 0.0769. The molecule has 0 aliphatic heterocycles. The maximum Gasteiger partial charge on any atom is 0.215 e. The van der Waals surface area contributed by atoms with Gasteiger partial charge in [0.15, 0.2) is 5.65 Å². The lowest BCUT2D eigenvalue weighted by atomic mass is 10.2. The molecular formula is C13H10BrN3O. The van der Waals surface area contributed by atoms with Crippen LogP contribution in [0.15, 0.2) is 40.9 Å². The molecule has 0 aliphatic carbocycles. The lowest BCUT2D eigenvalue weighted by Gasteiger charge is -1.98. The average Bonchev–Trinajstić information content (AvgIpc) is 2.81. The Morgan fingerprint density at radius 1 is 1.11 bits per heavy atom. The van der Waals surface area contributed by atoms with E-state index in [-0.39, 0.29) is 0 Å². The highest BCUT2D eigenvalue weighted by molar-refractivity contribution is 9.10. The first-order valence-corrected chi connectivity index (χ1v) is 6.23. The first kappa shape index (κ1) is 11.2. The number of nitrogens with zero attached hydrogens (tertiary/aromatic N) is 2. The van der Waals surface area contributed by atoms with Crippen molar-refractivity contribution in [3.05, 3.63) is 40.9 Å². The third kappa shape index (κ3) is 1.86. The molecule has 0 unspecified atom stereocenters. The van der Waals surface area contributed by atoms with Gasteiger partial charge in [0.25, 0.3) is 0 Å². The van der Waals surface area contributed by atoms with Gasteiger partial charge in [0.1, 0.15) is 5.82 Å². The number of methoxy groups -OCH3 is 1. The Morgan fingerprint density at radius 2 is 1.94 bits per heavy atom. The summed E-state index contributed by atoms with van der Waals surface area (Å²) in [4.78, 5) is 12.0. The van der Waals surface area contributed by atoms with Crippen LogP contribution in [0.5, 0.6) is 5.88 Å². The molecule has 18 heavy (non-hydrogen) atoms. The standard InChI is InChI=1S/C13H10BrN3O/c1-18-11-7-6-10-13(16-11)17-12(15-10)8-4-2-3-5-9(8)14/h2-7H,1H3,(H,15,16,17). The number of imidazole rings is 1. The number of hydrogen-bond acceptors (Lipinski definition) is 3. The molecule has 1 aromatic carbocycles. The number of fused-ring (bicyclic) bond motifs is 1. The Kier molecular flexibility index (Phi) is 2.76. The molecule has 0 spiro atoms. The predicted molar refractivity (Wildman–Crippen MR) is 73.6 cm³/mol. The van der Waals surface area contributed by atoms with Crippen LogP contribution in [0.25, 0.3) is 22.6 Å². The number of halogens is 1. The maximum absolute atomic E-state index is 5.09. The van der Waals surface area contributed by atoms with Crippen LogP contribution in [0.1, 0.15) is 0 Å². The Hall–Kier alpha value is -1.88. The molecule has 90 valence electrons. The minimum atomic E-state index is 0.563. The van der Waals surface area contributed by atoms with E-state index >= 15 is 0 Å². The van der Waals surface area contributed by atoms with E-state index in [1.54, 1.807) is 7.11 Å². The molecule has 1 N–H and O–H groups in total. The normalized spacial score (nSPS) is 10.8. The second-order valence-electron chi connectivity index (χ2n) is 3.79. The Balaban J connectivity index is 2.17. The SMILES string of the molecule is COc1ccc2[nH]c(-c3ccccc3Br)nc2n1. The summed E-state index contributed by atoms with van der Waals surface area (Å²) >= 11 is 3.51. The smallest absolute Gasteiger partial charge is 0.215 e. The molecule has 3 rings (SSSR count). The Labute approximate surface area is 112 Å². The van der Waals surface area contributed by atoms with Crippen LogP contribution >= 0.6 is 15.9 Å². The van der Waals surface area contributed by atoms with E-state index in [4.69, 9.17) is 4.74 Å². The van der Waals surface area contributed by atoms with E-state index < -0.39 is 0 Å². The van der Waals surface area contributed by atoms with Crippen LogP contribution in [0, 0.1) is 0 Å². The van der Waals surface area contributed by atoms with Crippen molar-refractivity contribution in [2.75, 3.05) is 7.11 Å². The largest absolute Gasteiger partial charge is 0.481 e. The summed E-state index contributed by atoms with van der Waals surface area (Å²) in [5.41, 5.74) is 2.55. The molecule has 0 atom stereocenters. The van der Waals surface area contributed by atoms with Crippen LogP contribution in [-0.2, 0) is 0 Å².